The smallest absolute Gasteiger partial charge is 0.0703 e. The largest absolute Gasteiger partial charge is 0.0907 e. The molecule has 0 N–H and O–H groups in total. The van der Waals surface area contributed by atoms with Crippen LogP contribution in [0.2, 0.25) is 0 Å². The van der Waals surface area contributed by atoms with Gasteiger partial charge in [0.15, 0.2) is 0 Å². The molecule has 2 heteroatoms. The van der Waals surface area contributed by atoms with Crippen LogP contribution in [0.3, 0.4) is 0 Å². The topological polar surface area (TPSA) is 0 Å². The van der Waals surface area contributed by atoms with Crippen molar-refractivity contribution in [2.45, 2.75) is 12.8 Å². The van der Waals surface area contributed by atoms with Gasteiger partial charge in [-0.3, -0.25) is 0 Å². The van der Waals surface area contributed by atoms with E-state index in [4.69, 9.17) is 0 Å². The summed E-state index contributed by atoms with van der Waals surface area (Å²) in [5.41, 5.74) is 0. The van der Waals surface area contributed by atoms with Crippen molar-refractivity contribution in [2.75, 3.05) is 10.7 Å². The third kappa shape index (κ3) is 9.64. The number of halogens is 2. The second kappa shape index (κ2) is 10.6. The van der Waals surface area contributed by atoms with Crippen LogP contribution in [0.5, 0.6) is 0 Å². The number of hydrogen-bond acceptors (Lipinski definition) is 0. The normalized spacial score (nSPS) is 6.50. The number of alkyl halides is 2. The molecule has 0 aliphatic heterocycles. The molecular weight excluding hydrogens is 280 g/mol. The van der Waals surface area contributed by atoms with E-state index in [2.05, 4.69) is 67.4 Å². The molecule has 62 valence electrons. The Kier molecular flexibility index (Phi) is 10.3. The monoisotopic (exact) mass is 286 g/mol. The molecule has 0 saturated heterocycles. The molecule has 12 heavy (non-hydrogen) atoms. The molecule has 0 saturated carbocycles. The van der Waals surface area contributed by atoms with Crippen LogP contribution in [0, 0.1) is 35.5 Å². The van der Waals surface area contributed by atoms with E-state index < -0.39 is 0 Å². The second-order valence-corrected chi connectivity index (χ2v) is 2.80. The van der Waals surface area contributed by atoms with Crippen molar-refractivity contribution < 1.29 is 0 Å². The van der Waals surface area contributed by atoms with Crippen molar-refractivity contribution in [2.24, 2.45) is 0 Å². The molecule has 0 rings (SSSR count). The average molecular weight is 288 g/mol. The van der Waals surface area contributed by atoms with Gasteiger partial charge < -0.3 is 0 Å². The van der Waals surface area contributed by atoms with Crippen molar-refractivity contribution >= 4 is 31.9 Å². The van der Waals surface area contributed by atoms with Crippen LogP contribution in [0.1, 0.15) is 12.8 Å². The Morgan fingerprint density at radius 1 is 0.583 bits per heavy atom. The van der Waals surface area contributed by atoms with E-state index in [1.165, 1.54) is 0 Å². The van der Waals surface area contributed by atoms with Crippen molar-refractivity contribution in [3.05, 3.63) is 0 Å². The van der Waals surface area contributed by atoms with Gasteiger partial charge in [-0.05, 0) is 0 Å². The third-order valence-electron chi connectivity index (χ3n) is 0.862. The summed E-state index contributed by atoms with van der Waals surface area (Å²) in [4.78, 5) is 0. The predicted octanol–water partition coefficient (Wildman–Crippen LogP) is 2.57. The van der Waals surface area contributed by atoms with E-state index in [1.807, 2.05) is 0 Å². The molecule has 0 spiro atoms. The van der Waals surface area contributed by atoms with Crippen molar-refractivity contribution in [1.82, 2.24) is 0 Å². The number of rotatable bonds is 0. The average Bonchev–Trinajstić information content (AvgIpc) is 2.10. The van der Waals surface area contributed by atoms with E-state index >= 15 is 0 Å². The fraction of sp³-hybridized carbons (Fsp3) is 0.400. The lowest BCUT2D eigenvalue weighted by Crippen LogP contribution is -1.65. The molecule has 0 heterocycles. The van der Waals surface area contributed by atoms with Crippen LogP contribution in [0.25, 0.3) is 0 Å². The Labute approximate surface area is 90.8 Å². The standard InChI is InChI=1S/C10H8Br2/c11-9-7-5-3-1-2-4-6-8-10-12/h3-4,9-10H2. The summed E-state index contributed by atoms with van der Waals surface area (Å²) in [6.45, 7) is 0. The van der Waals surface area contributed by atoms with Gasteiger partial charge in [-0.25, -0.2) is 0 Å². The molecule has 0 nitrogen and oxygen atoms in total. The summed E-state index contributed by atoms with van der Waals surface area (Å²) in [6, 6.07) is 0. The maximum absolute atomic E-state index is 3.20. The lowest BCUT2D eigenvalue weighted by molar-refractivity contribution is 1.49. The molecule has 0 fully saturated rings. The molecule has 0 unspecified atom stereocenters. The molecule has 0 amide bonds. The molecule has 0 aromatic carbocycles. The minimum absolute atomic E-state index is 0.640. The van der Waals surface area contributed by atoms with Gasteiger partial charge in [-0.1, -0.05) is 67.4 Å². The van der Waals surface area contributed by atoms with Gasteiger partial charge in [0.05, 0.1) is 23.5 Å². The summed E-state index contributed by atoms with van der Waals surface area (Å²) >= 11 is 6.41. The van der Waals surface area contributed by atoms with Crippen LogP contribution in [0.15, 0.2) is 0 Å². The van der Waals surface area contributed by atoms with Crippen LogP contribution in [-0.2, 0) is 0 Å². The Morgan fingerprint density at radius 2 is 0.917 bits per heavy atom. The van der Waals surface area contributed by atoms with Crippen LogP contribution in [0.4, 0.5) is 0 Å². The van der Waals surface area contributed by atoms with Gasteiger partial charge in [-0.15, -0.1) is 0 Å². The zero-order valence-electron chi connectivity index (χ0n) is 6.58. The van der Waals surface area contributed by atoms with Gasteiger partial charge >= 0.3 is 0 Å². The molecular formula is C10H8Br2. The molecule has 0 aromatic heterocycles. The van der Waals surface area contributed by atoms with Crippen molar-refractivity contribution in [3.63, 3.8) is 0 Å². The van der Waals surface area contributed by atoms with E-state index in [1.54, 1.807) is 0 Å². The van der Waals surface area contributed by atoms with Gasteiger partial charge in [0.25, 0.3) is 0 Å². The highest BCUT2D eigenvalue weighted by molar-refractivity contribution is 9.09. The van der Waals surface area contributed by atoms with Gasteiger partial charge in [0, 0.05) is 0 Å². The van der Waals surface area contributed by atoms with Crippen LogP contribution < -0.4 is 0 Å². The molecule has 0 aliphatic carbocycles. The first-order valence-corrected chi connectivity index (χ1v) is 5.65. The van der Waals surface area contributed by atoms with Gasteiger partial charge in [-0.2, -0.15) is 0 Å². The highest BCUT2D eigenvalue weighted by atomic mass is 79.9. The second-order valence-electron chi connectivity index (χ2n) is 1.68. The Morgan fingerprint density at radius 3 is 1.25 bits per heavy atom. The first-order valence-electron chi connectivity index (χ1n) is 3.41. The highest BCUT2D eigenvalue weighted by Crippen LogP contribution is 1.78. The Hall–Kier alpha value is -0.360. The first-order chi connectivity index (χ1) is 5.91. The van der Waals surface area contributed by atoms with Crippen LogP contribution in [-0.4, -0.2) is 10.7 Å². The van der Waals surface area contributed by atoms with Gasteiger partial charge in [0.1, 0.15) is 0 Å². The minimum Gasteiger partial charge on any atom is -0.0907 e. The van der Waals surface area contributed by atoms with Crippen molar-refractivity contribution in [1.29, 1.82) is 0 Å². The minimum atomic E-state index is 0.640. The maximum Gasteiger partial charge on any atom is 0.0703 e. The van der Waals surface area contributed by atoms with E-state index in [9.17, 15) is 0 Å². The van der Waals surface area contributed by atoms with E-state index in [0.717, 1.165) is 10.7 Å². The molecule has 0 bridgehead atoms. The zero-order valence-corrected chi connectivity index (χ0v) is 9.76. The predicted molar refractivity (Wildman–Crippen MR) is 60.2 cm³/mol. The van der Waals surface area contributed by atoms with Gasteiger partial charge in [0.2, 0.25) is 0 Å². The number of hydrogen-bond donors (Lipinski definition) is 0. The molecule has 0 radical (unpaired) electrons. The quantitative estimate of drug-likeness (QED) is 0.475. The van der Waals surface area contributed by atoms with Crippen molar-refractivity contribution in [3.8, 4) is 35.5 Å². The maximum atomic E-state index is 3.20. The highest BCUT2D eigenvalue weighted by Gasteiger charge is 1.68. The lowest BCUT2D eigenvalue weighted by atomic mass is 10.3. The fourth-order valence-electron chi connectivity index (χ4n) is 0.433. The van der Waals surface area contributed by atoms with E-state index in [0.29, 0.717) is 12.8 Å². The summed E-state index contributed by atoms with van der Waals surface area (Å²) < 4.78 is 0. The summed E-state index contributed by atoms with van der Waals surface area (Å²) in [5, 5.41) is 1.44. The SMILES string of the molecule is BrCC#CCC#CCC#CCBr. The summed E-state index contributed by atoms with van der Waals surface area (Å²) in [7, 11) is 0. The Balaban J connectivity index is 3.47. The molecule has 0 aromatic rings. The Bertz CT molecular complexity index is 244. The molecule has 0 atom stereocenters. The first kappa shape index (κ1) is 11.6. The summed E-state index contributed by atoms with van der Waals surface area (Å²) in [5.74, 6) is 17.4. The van der Waals surface area contributed by atoms with Crippen LogP contribution >= 0.6 is 31.9 Å². The zero-order chi connectivity index (χ0) is 9.07. The summed E-state index contributed by atoms with van der Waals surface area (Å²) in [6.07, 6.45) is 1.28. The fourth-order valence-corrected chi connectivity index (χ4v) is 0.829. The van der Waals surface area contributed by atoms with E-state index in [-0.39, 0.29) is 0 Å². The third-order valence-corrected chi connectivity index (χ3v) is 1.42. The molecule has 0 aliphatic rings. The lowest BCUT2D eigenvalue weighted by Gasteiger charge is -1.72.